The van der Waals surface area contributed by atoms with Crippen LogP contribution in [0.2, 0.25) is 5.02 Å². The van der Waals surface area contributed by atoms with Crippen molar-refractivity contribution in [1.29, 1.82) is 5.26 Å². The van der Waals surface area contributed by atoms with E-state index in [1.54, 1.807) is 12.1 Å². The van der Waals surface area contributed by atoms with Crippen LogP contribution in [0.15, 0.2) is 47.6 Å². The quantitative estimate of drug-likeness (QED) is 0.912. The lowest BCUT2D eigenvalue weighted by Crippen LogP contribution is -2.13. The Kier molecular flexibility index (Phi) is 4.62. The number of sulfonamides is 1. The summed E-state index contributed by atoms with van der Waals surface area (Å²) in [5.41, 5.74) is 0.347. The number of nitrogens with one attached hydrogen (secondary N) is 1. The number of halogens is 1. The van der Waals surface area contributed by atoms with Crippen molar-refractivity contribution >= 4 is 27.3 Å². The summed E-state index contributed by atoms with van der Waals surface area (Å²) >= 11 is 5.85. The van der Waals surface area contributed by atoms with Gasteiger partial charge in [-0.1, -0.05) is 11.6 Å². The molecule has 0 radical (unpaired) electrons. The molecule has 1 N–H and O–H groups in total. The molecule has 1 aromatic carbocycles. The van der Waals surface area contributed by atoms with Crippen LogP contribution < -0.4 is 9.46 Å². The molecular weight excluding hydrogens is 314 g/mol. The predicted molar refractivity (Wildman–Crippen MR) is 77.6 cm³/mol. The van der Waals surface area contributed by atoms with E-state index in [1.807, 2.05) is 6.07 Å². The van der Waals surface area contributed by atoms with E-state index in [2.05, 4.69) is 9.71 Å². The van der Waals surface area contributed by atoms with Crippen LogP contribution in [0.5, 0.6) is 5.75 Å². The molecule has 0 aliphatic heterocycles. The van der Waals surface area contributed by atoms with Gasteiger partial charge in [0.1, 0.15) is 16.7 Å². The van der Waals surface area contributed by atoms with Crippen LogP contribution in [-0.4, -0.2) is 20.0 Å². The Morgan fingerprint density at radius 3 is 2.62 bits per heavy atom. The number of pyridine rings is 1. The SMILES string of the molecule is N#CCOc1ccc(NS(=O)(=O)c2cnccc2Cl)cc1. The lowest BCUT2D eigenvalue weighted by atomic mass is 10.3. The van der Waals surface area contributed by atoms with E-state index < -0.39 is 10.0 Å². The summed E-state index contributed by atoms with van der Waals surface area (Å²) in [6, 6.07) is 9.40. The summed E-state index contributed by atoms with van der Waals surface area (Å²) in [5, 5.41) is 8.49. The average Bonchev–Trinajstić information content (AvgIpc) is 2.46. The molecule has 1 heterocycles. The number of nitriles is 1. The number of rotatable bonds is 5. The molecule has 0 spiro atoms. The lowest BCUT2D eigenvalue weighted by Gasteiger charge is -2.09. The summed E-state index contributed by atoms with van der Waals surface area (Å²) in [4.78, 5) is 3.65. The highest BCUT2D eigenvalue weighted by Gasteiger charge is 2.18. The second-order valence-corrected chi connectivity index (χ2v) is 5.94. The van der Waals surface area contributed by atoms with E-state index in [0.29, 0.717) is 11.4 Å². The number of ether oxygens (including phenoxy) is 1. The molecule has 8 heteroatoms. The van der Waals surface area contributed by atoms with E-state index in [1.165, 1.54) is 30.6 Å². The smallest absolute Gasteiger partial charge is 0.264 e. The molecule has 0 saturated carbocycles. The molecule has 6 nitrogen and oxygen atoms in total. The summed E-state index contributed by atoms with van der Waals surface area (Å²) in [6.45, 7) is -0.0730. The summed E-state index contributed by atoms with van der Waals surface area (Å²) in [5.74, 6) is 0.471. The highest BCUT2D eigenvalue weighted by Crippen LogP contribution is 2.23. The molecular formula is C13H10ClN3O3S. The van der Waals surface area contributed by atoms with E-state index in [0.717, 1.165) is 0 Å². The molecule has 1 aromatic heterocycles. The fourth-order valence-electron chi connectivity index (χ4n) is 1.51. The van der Waals surface area contributed by atoms with Crippen molar-refractivity contribution in [2.45, 2.75) is 4.90 Å². The molecule has 0 atom stereocenters. The van der Waals surface area contributed by atoms with E-state index in [4.69, 9.17) is 21.6 Å². The van der Waals surface area contributed by atoms with Crippen LogP contribution in [0.4, 0.5) is 5.69 Å². The topological polar surface area (TPSA) is 92.1 Å². The van der Waals surface area contributed by atoms with Crippen LogP contribution in [0.25, 0.3) is 0 Å². The highest BCUT2D eigenvalue weighted by atomic mass is 35.5. The number of nitrogens with zero attached hydrogens (tertiary/aromatic N) is 2. The van der Waals surface area contributed by atoms with Gasteiger partial charge >= 0.3 is 0 Å². The monoisotopic (exact) mass is 323 g/mol. The van der Waals surface area contributed by atoms with Gasteiger partial charge in [0.25, 0.3) is 10.0 Å². The lowest BCUT2D eigenvalue weighted by molar-refractivity contribution is 0.368. The Morgan fingerprint density at radius 1 is 1.29 bits per heavy atom. The van der Waals surface area contributed by atoms with Gasteiger partial charge in [0.15, 0.2) is 6.61 Å². The molecule has 0 unspecified atom stereocenters. The summed E-state index contributed by atoms with van der Waals surface area (Å²) in [7, 11) is -3.81. The number of benzene rings is 1. The van der Waals surface area contributed by atoms with Gasteiger partial charge in [-0.2, -0.15) is 5.26 Å². The third kappa shape index (κ3) is 3.84. The largest absolute Gasteiger partial charge is 0.479 e. The zero-order valence-corrected chi connectivity index (χ0v) is 12.2. The van der Waals surface area contributed by atoms with Gasteiger partial charge in [0.2, 0.25) is 0 Å². The van der Waals surface area contributed by atoms with Gasteiger partial charge in [0, 0.05) is 18.1 Å². The first-order chi connectivity index (χ1) is 10.0. The summed E-state index contributed by atoms with van der Waals surface area (Å²) < 4.78 is 31.8. The predicted octanol–water partition coefficient (Wildman–Crippen LogP) is 2.44. The van der Waals surface area contributed by atoms with Crippen LogP contribution >= 0.6 is 11.6 Å². The molecule has 0 bridgehead atoms. The maximum absolute atomic E-state index is 12.2. The van der Waals surface area contributed by atoms with Gasteiger partial charge in [-0.3, -0.25) is 9.71 Å². The van der Waals surface area contributed by atoms with Gasteiger partial charge in [-0.25, -0.2) is 8.42 Å². The van der Waals surface area contributed by atoms with E-state index in [-0.39, 0.29) is 16.5 Å². The van der Waals surface area contributed by atoms with E-state index in [9.17, 15) is 8.42 Å². The fraction of sp³-hybridized carbons (Fsp3) is 0.0769. The second kappa shape index (κ2) is 6.43. The molecule has 2 rings (SSSR count). The molecule has 0 amide bonds. The Labute approximate surface area is 127 Å². The minimum absolute atomic E-state index is 0.0730. The summed E-state index contributed by atoms with van der Waals surface area (Å²) in [6.07, 6.45) is 2.58. The van der Waals surface area contributed by atoms with Crippen LogP contribution in [0.3, 0.4) is 0 Å². The van der Waals surface area contributed by atoms with Crippen molar-refractivity contribution in [1.82, 2.24) is 4.98 Å². The molecule has 108 valence electrons. The Balaban J connectivity index is 2.18. The molecule has 21 heavy (non-hydrogen) atoms. The van der Waals surface area contributed by atoms with Gasteiger partial charge in [0.05, 0.1) is 5.02 Å². The molecule has 0 saturated heterocycles. The zero-order chi connectivity index (χ0) is 15.3. The molecule has 0 aliphatic carbocycles. The van der Waals surface area contributed by atoms with Gasteiger partial charge in [-0.15, -0.1) is 0 Å². The highest BCUT2D eigenvalue weighted by molar-refractivity contribution is 7.92. The second-order valence-electron chi connectivity index (χ2n) is 3.88. The van der Waals surface area contributed by atoms with Gasteiger partial charge in [-0.05, 0) is 30.3 Å². The fourth-order valence-corrected chi connectivity index (χ4v) is 3.00. The number of hydrogen-bond donors (Lipinski definition) is 1. The third-order valence-corrected chi connectivity index (χ3v) is 4.28. The van der Waals surface area contributed by atoms with Crippen molar-refractivity contribution in [3.63, 3.8) is 0 Å². The van der Waals surface area contributed by atoms with E-state index >= 15 is 0 Å². The van der Waals surface area contributed by atoms with Crippen molar-refractivity contribution in [3.05, 3.63) is 47.7 Å². The third-order valence-electron chi connectivity index (χ3n) is 2.43. The van der Waals surface area contributed by atoms with Crippen LogP contribution in [0.1, 0.15) is 0 Å². The van der Waals surface area contributed by atoms with Crippen LogP contribution in [-0.2, 0) is 10.0 Å². The van der Waals surface area contributed by atoms with Gasteiger partial charge < -0.3 is 4.74 Å². The number of hydrogen-bond acceptors (Lipinski definition) is 5. The maximum atomic E-state index is 12.2. The maximum Gasteiger partial charge on any atom is 0.264 e. The molecule has 0 aliphatic rings. The first-order valence-corrected chi connectivity index (χ1v) is 7.61. The minimum atomic E-state index is -3.81. The van der Waals surface area contributed by atoms with Crippen LogP contribution in [0, 0.1) is 11.3 Å². The number of anilines is 1. The first-order valence-electron chi connectivity index (χ1n) is 5.75. The molecule has 2 aromatic rings. The Hall–Kier alpha value is -2.30. The number of aromatic nitrogens is 1. The standard InChI is InChI=1S/C13H10ClN3O3S/c14-12-5-7-16-9-13(12)21(18,19)17-10-1-3-11(4-2-10)20-8-6-15/h1-5,7,9,17H,8H2. The van der Waals surface area contributed by atoms with Crippen molar-refractivity contribution in [2.75, 3.05) is 11.3 Å². The minimum Gasteiger partial charge on any atom is -0.479 e. The molecule has 0 fully saturated rings. The van der Waals surface area contributed by atoms with Crippen molar-refractivity contribution < 1.29 is 13.2 Å². The average molecular weight is 324 g/mol. The Bertz CT molecular complexity index is 770. The normalized spacial score (nSPS) is 10.7. The van der Waals surface area contributed by atoms with Crippen molar-refractivity contribution in [2.24, 2.45) is 0 Å². The Morgan fingerprint density at radius 2 is 2.00 bits per heavy atom. The zero-order valence-electron chi connectivity index (χ0n) is 10.7. The first kappa shape index (κ1) is 15.1. The van der Waals surface area contributed by atoms with Crippen molar-refractivity contribution in [3.8, 4) is 11.8 Å².